The normalized spacial score (nSPS) is 14.7. The fourth-order valence-electron chi connectivity index (χ4n) is 3.24. The Morgan fingerprint density at radius 1 is 1.09 bits per heavy atom. The molecule has 3 N–H and O–H groups in total. The number of allylic oxidation sites excluding steroid dienone is 1. The van der Waals surface area contributed by atoms with Crippen LogP contribution < -0.4 is 21.2 Å². The van der Waals surface area contributed by atoms with Crippen LogP contribution in [0.5, 0.6) is 0 Å². The van der Waals surface area contributed by atoms with Crippen LogP contribution >= 0.6 is 0 Å². The maximum absolute atomic E-state index is 11.2. The summed E-state index contributed by atoms with van der Waals surface area (Å²) >= 11 is 0. The SMILES string of the molecule is O=C(O)CCNCc1ccc(C2=NC(=c3ccc(=C4N=CC=CC4=[N+]([O-])[O-])cc3)ON2)cc1. The fraction of sp³-hybridized carbons (Fsp3) is 0.130. The van der Waals surface area contributed by atoms with Crippen molar-refractivity contribution in [2.45, 2.75) is 13.0 Å². The average molecular weight is 446 g/mol. The number of benzene rings is 2. The molecule has 2 aromatic rings. The second-order valence-electron chi connectivity index (χ2n) is 7.19. The summed E-state index contributed by atoms with van der Waals surface area (Å²) < 4.78 is 0. The lowest BCUT2D eigenvalue weighted by Crippen LogP contribution is -2.21. The molecule has 0 saturated heterocycles. The fourth-order valence-corrected chi connectivity index (χ4v) is 3.24. The number of nitrogens with one attached hydrogen (secondary N) is 2. The highest BCUT2D eigenvalue weighted by atomic mass is 16.8. The van der Waals surface area contributed by atoms with E-state index < -0.39 is 10.9 Å². The molecule has 2 aromatic carbocycles. The van der Waals surface area contributed by atoms with Crippen molar-refractivity contribution in [1.29, 1.82) is 0 Å². The topological polar surface area (TPSA) is 144 Å². The number of rotatable bonds is 6. The van der Waals surface area contributed by atoms with Crippen LogP contribution in [0.15, 0.2) is 70.7 Å². The summed E-state index contributed by atoms with van der Waals surface area (Å²) in [5.41, 5.74) is 4.90. The van der Waals surface area contributed by atoms with E-state index in [0.29, 0.717) is 40.9 Å². The van der Waals surface area contributed by atoms with Crippen molar-refractivity contribution in [2.75, 3.05) is 6.54 Å². The summed E-state index contributed by atoms with van der Waals surface area (Å²) in [5, 5.41) is 35.6. The summed E-state index contributed by atoms with van der Waals surface area (Å²) in [6.45, 7) is 0.978. The first-order valence-corrected chi connectivity index (χ1v) is 10.1. The van der Waals surface area contributed by atoms with Gasteiger partial charge in [0.05, 0.1) is 6.42 Å². The molecule has 2 aliphatic heterocycles. The van der Waals surface area contributed by atoms with Gasteiger partial charge in [-0.25, -0.2) is 10.5 Å². The van der Waals surface area contributed by atoms with Crippen LogP contribution in [-0.4, -0.2) is 40.3 Å². The first-order chi connectivity index (χ1) is 16.0. The molecule has 0 unspecified atom stereocenters. The molecule has 0 saturated carbocycles. The van der Waals surface area contributed by atoms with E-state index in [1.54, 1.807) is 24.3 Å². The Hall–Kier alpha value is -4.44. The minimum Gasteiger partial charge on any atom is -0.612 e. The molecular weight excluding hydrogens is 426 g/mol. The lowest BCUT2D eigenvalue weighted by Gasteiger charge is -2.10. The van der Waals surface area contributed by atoms with Crippen molar-refractivity contribution in [3.63, 3.8) is 0 Å². The summed E-state index contributed by atoms with van der Waals surface area (Å²) in [5.74, 6) is 0.106. The molecule has 33 heavy (non-hydrogen) atoms. The van der Waals surface area contributed by atoms with Crippen molar-refractivity contribution >= 4 is 35.3 Å². The van der Waals surface area contributed by atoms with Gasteiger partial charge in [0, 0.05) is 41.4 Å². The van der Waals surface area contributed by atoms with Crippen LogP contribution in [0.25, 0.3) is 11.6 Å². The third-order valence-corrected chi connectivity index (χ3v) is 4.92. The predicted molar refractivity (Wildman–Crippen MR) is 123 cm³/mol. The van der Waals surface area contributed by atoms with E-state index in [2.05, 4.69) is 20.8 Å². The summed E-state index contributed by atoms with van der Waals surface area (Å²) in [6.07, 6.45) is 4.54. The van der Waals surface area contributed by atoms with Crippen LogP contribution in [0.3, 0.4) is 0 Å². The quantitative estimate of drug-likeness (QED) is 0.333. The Morgan fingerprint density at radius 3 is 2.52 bits per heavy atom. The molecule has 0 spiro atoms. The van der Waals surface area contributed by atoms with Gasteiger partial charge in [-0.3, -0.25) is 4.79 Å². The van der Waals surface area contributed by atoms with Gasteiger partial charge >= 0.3 is 5.97 Å². The van der Waals surface area contributed by atoms with Gasteiger partial charge in [0.2, 0.25) is 5.71 Å². The van der Waals surface area contributed by atoms with Crippen molar-refractivity contribution < 1.29 is 19.6 Å². The number of hydroxylamine groups is 1. The standard InChI is InChI=1S/C23H20N5O5/c29-20(30)11-13-24-14-15-3-5-17(6-4-15)22-26-23(33-27-22)18-9-7-16(8-10-18)21-19(28(31)32)2-1-12-25-21/h1-10,12,24H,11,13-14H2,(H2-,25,26,27,29,30,31,32)/q-1. The number of carboxylic acid groups (broad SMARTS) is 1. The molecule has 10 nitrogen and oxygen atoms in total. The molecule has 0 bridgehead atoms. The van der Waals surface area contributed by atoms with Gasteiger partial charge < -0.3 is 25.7 Å². The number of carbonyl (C=O) groups is 1. The van der Waals surface area contributed by atoms with Gasteiger partial charge in [-0.2, -0.15) is 9.89 Å². The number of amidine groups is 1. The predicted octanol–water partition coefficient (Wildman–Crippen LogP) is 0.496. The molecule has 0 radical (unpaired) electrons. The Balaban J connectivity index is 1.51. The van der Waals surface area contributed by atoms with E-state index in [1.165, 1.54) is 18.4 Å². The number of carboxylic acids is 1. The molecule has 2 heterocycles. The minimum absolute atomic E-state index is 0.0578. The Kier molecular flexibility index (Phi) is 6.46. The smallest absolute Gasteiger partial charge is 0.304 e. The number of aliphatic carboxylic acids is 1. The van der Waals surface area contributed by atoms with Gasteiger partial charge in [-0.1, -0.05) is 36.4 Å². The van der Waals surface area contributed by atoms with Gasteiger partial charge in [0.15, 0.2) is 5.84 Å². The lowest BCUT2D eigenvalue weighted by atomic mass is 10.1. The maximum atomic E-state index is 11.2. The van der Waals surface area contributed by atoms with Gasteiger partial charge in [-0.15, -0.1) is 0 Å². The number of dihydropyridines is 1. The number of nitrogens with zero attached hydrogens (tertiary/aromatic N) is 3. The molecule has 0 aliphatic carbocycles. The monoisotopic (exact) mass is 446 g/mol. The average Bonchev–Trinajstić information content (AvgIpc) is 3.32. The van der Waals surface area contributed by atoms with E-state index in [0.717, 1.165) is 11.1 Å². The molecule has 168 valence electrons. The van der Waals surface area contributed by atoms with Crippen LogP contribution in [0.4, 0.5) is 0 Å². The number of aliphatic imine (C=N–C) groups is 2. The highest BCUT2D eigenvalue weighted by Crippen LogP contribution is 2.12. The van der Waals surface area contributed by atoms with Crippen LogP contribution in [0.2, 0.25) is 0 Å². The van der Waals surface area contributed by atoms with Gasteiger partial charge in [-0.05, 0) is 23.8 Å². The van der Waals surface area contributed by atoms with E-state index in [4.69, 9.17) is 9.94 Å². The summed E-state index contributed by atoms with van der Waals surface area (Å²) in [4.78, 5) is 24.2. The highest BCUT2D eigenvalue weighted by Gasteiger charge is 2.16. The highest BCUT2D eigenvalue weighted by molar-refractivity contribution is 6.25. The molecule has 10 heteroatoms. The van der Waals surface area contributed by atoms with Gasteiger partial charge in [0.25, 0.3) is 5.88 Å². The second-order valence-corrected chi connectivity index (χ2v) is 7.19. The van der Waals surface area contributed by atoms with E-state index in [1.807, 2.05) is 24.3 Å². The molecule has 2 aliphatic rings. The first-order valence-electron chi connectivity index (χ1n) is 10.1. The molecule has 4 rings (SSSR count). The molecular formula is C23H20N5O5-. The number of hydrogen-bond donors (Lipinski definition) is 3. The zero-order valence-corrected chi connectivity index (χ0v) is 17.4. The zero-order chi connectivity index (χ0) is 23.2. The Bertz CT molecular complexity index is 1280. The second kappa shape index (κ2) is 9.79. The molecule has 0 atom stereocenters. The minimum atomic E-state index is -0.831. The first kappa shape index (κ1) is 21.8. The van der Waals surface area contributed by atoms with Crippen molar-refractivity contribution in [2.24, 2.45) is 9.98 Å². The van der Waals surface area contributed by atoms with Crippen molar-refractivity contribution in [3.8, 4) is 0 Å². The zero-order valence-electron chi connectivity index (χ0n) is 17.4. The molecule has 0 amide bonds. The Morgan fingerprint density at radius 2 is 1.82 bits per heavy atom. The van der Waals surface area contributed by atoms with Gasteiger partial charge in [0.1, 0.15) is 5.70 Å². The lowest BCUT2D eigenvalue weighted by molar-refractivity contribution is -0.376. The molecule has 0 fully saturated rings. The van der Waals surface area contributed by atoms with Crippen LogP contribution in [0, 0.1) is 10.4 Å². The summed E-state index contributed by atoms with van der Waals surface area (Å²) in [6, 6.07) is 14.7. The van der Waals surface area contributed by atoms with Crippen molar-refractivity contribution in [3.05, 3.63) is 92.7 Å². The summed E-state index contributed by atoms with van der Waals surface area (Å²) in [7, 11) is 0. The van der Waals surface area contributed by atoms with Crippen LogP contribution in [-0.2, 0) is 16.2 Å². The number of hydrogen-bond acceptors (Lipinski definition) is 8. The van der Waals surface area contributed by atoms with E-state index in [9.17, 15) is 15.2 Å². The van der Waals surface area contributed by atoms with E-state index >= 15 is 0 Å². The van der Waals surface area contributed by atoms with Crippen LogP contribution in [0.1, 0.15) is 17.5 Å². The Labute approximate surface area is 188 Å². The van der Waals surface area contributed by atoms with Crippen molar-refractivity contribution in [1.82, 2.24) is 10.8 Å². The molecule has 0 aromatic heterocycles. The maximum Gasteiger partial charge on any atom is 0.304 e. The largest absolute Gasteiger partial charge is 0.612 e. The third kappa shape index (κ3) is 5.25. The van der Waals surface area contributed by atoms with E-state index in [-0.39, 0.29) is 12.1 Å². The third-order valence-electron chi connectivity index (χ3n) is 4.92.